The Hall–Kier alpha value is -2.16. The van der Waals surface area contributed by atoms with Crippen molar-refractivity contribution in [3.8, 4) is 0 Å². The van der Waals surface area contributed by atoms with Gasteiger partial charge in [-0.1, -0.05) is 5.21 Å². The first-order valence-corrected chi connectivity index (χ1v) is 5.86. The van der Waals surface area contributed by atoms with Crippen LogP contribution in [0.2, 0.25) is 0 Å². The molecule has 1 heterocycles. The van der Waals surface area contributed by atoms with Gasteiger partial charge in [-0.2, -0.15) is 0 Å². The molecule has 1 atom stereocenters. The largest absolute Gasteiger partial charge is 0.479 e. The Balaban J connectivity index is 2.00. The molecule has 4 N–H and O–H groups in total. The second-order valence-corrected chi connectivity index (χ2v) is 3.85. The molecule has 1 unspecified atom stereocenters. The van der Waals surface area contributed by atoms with Gasteiger partial charge in [0, 0.05) is 32.3 Å². The molecule has 106 valence electrons. The molecule has 1 aromatic rings. The van der Waals surface area contributed by atoms with Crippen LogP contribution in [0.1, 0.15) is 12.8 Å². The summed E-state index contributed by atoms with van der Waals surface area (Å²) < 4.78 is 1.66. The first-order chi connectivity index (χ1) is 9.09. The molecule has 0 aliphatic heterocycles. The van der Waals surface area contributed by atoms with E-state index in [0.717, 1.165) is 0 Å². The summed E-state index contributed by atoms with van der Waals surface area (Å²) in [6, 6.07) is -0.392. The molecule has 0 saturated heterocycles. The molecule has 0 bridgehead atoms. The summed E-state index contributed by atoms with van der Waals surface area (Å²) in [5.74, 6) is -1.30. The van der Waals surface area contributed by atoms with Crippen LogP contribution in [0, 0.1) is 0 Å². The van der Waals surface area contributed by atoms with E-state index in [2.05, 4.69) is 20.9 Å². The Labute approximate surface area is 109 Å². The molecule has 9 heteroatoms. The molecule has 9 nitrogen and oxygen atoms in total. The highest BCUT2D eigenvalue weighted by Gasteiger charge is 2.12. The van der Waals surface area contributed by atoms with Crippen LogP contribution in [-0.2, 0) is 11.3 Å². The Morgan fingerprint density at radius 2 is 2.05 bits per heavy atom. The van der Waals surface area contributed by atoms with Crippen LogP contribution in [-0.4, -0.2) is 56.4 Å². The van der Waals surface area contributed by atoms with E-state index >= 15 is 0 Å². The Morgan fingerprint density at radius 1 is 1.32 bits per heavy atom. The molecule has 0 radical (unpaired) electrons. The zero-order chi connectivity index (χ0) is 14.1. The van der Waals surface area contributed by atoms with E-state index in [-0.39, 0.29) is 13.0 Å². The zero-order valence-corrected chi connectivity index (χ0v) is 10.3. The monoisotopic (exact) mass is 271 g/mol. The molecule has 1 rings (SSSR count). The van der Waals surface area contributed by atoms with Crippen molar-refractivity contribution in [2.45, 2.75) is 25.5 Å². The first-order valence-electron chi connectivity index (χ1n) is 5.86. The predicted molar refractivity (Wildman–Crippen MR) is 64.3 cm³/mol. The number of carboxylic acid groups (broad SMARTS) is 1. The second kappa shape index (κ2) is 8.03. The fraction of sp³-hybridized carbons (Fsp3) is 0.600. The lowest BCUT2D eigenvalue weighted by Crippen LogP contribution is -2.38. The van der Waals surface area contributed by atoms with E-state index in [4.69, 9.17) is 10.2 Å². The van der Waals surface area contributed by atoms with E-state index < -0.39 is 18.1 Å². The Bertz CT molecular complexity index is 395. The highest BCUT2D eigenvalue weighted by atomic mass is 16.4. The number of aromatic nitrogens is 3. The number of amides is 2. The van der Waals surface area contributed by atoms with Gasteiger partial charge in [-0.3, -0.25) is 4.68 Å². The van der Waals surface area contributed by atoms with Gasteiger partial charge in [0.2, 0.25) is 0 Å². The van der Waals surface area contributed by atoms with Crippen LogP contribution in [0.3, 0.4) is 0 Å². The standard InChI is InChI=1S/C10H17N5O4/c16-8(9(17)18)2-4-12-10(19)11-3-1-6-15-7-5-13-14-15/h5,7-8,16H,1-4,6H2,(H,17,18)(H2,11,12,19). The van der Waals surface area contributed by atoms with Gasteiger partial charge in [0.1, 0.15) is 0 Å². The zero-order valence-electron chi connectivity index (χ0n) is 10.3. The van der Waals surface area contributed by atoms with Gasteiger partial charge in [0.05, 0.1) is 6.20 Å². The number of rotatable bonds is 8. The van der Waals surface area contributed by atoms with E-state index in [1.54, 1.807) is 17.1 Å². The number of hydrogen-bond acceptors (Lipinski definition) is 5. The third-order valence-corrected chi connectivity index (χ3v) is 2.31. The minimum atomic E-state index is -1.45. The quantitative estimate of drug-likeness (QED) is 0.440. The summed E-state index contributed by atoms with van der Waals surface area (Å²) in [4.78, 5) is 21.6. The number of nitrogens with zero attached hydrogens (tertiary/aromatic N) is 3. The summed E-state index contributed by atoms with van der Waals surface area (Å²) in [7, 11) is 0. The summed E-state index contributed by atoms with van der Waals surface area (Å²) in [5.41, 5.74) is 0. The number of carbonyl (C=O) groups is 2. The number of carbonyl (C=O) groups excluding carboxylic acids is 1. The van der Waals surface area contributed by atoms with Crippen molar-refractivity contribution < 1.29 is 19.8 Å². The fourth-order valence-corrected chi connectivity index (χ4v) is 1.30. The maximum absolute atomic E-state index is 11.3. The van der Waals surface area contributed by atoms with Crippen molar-refractivity contribution in [3.63, 3.8) is 0 Å². The lowest BCUT2D eigenvalue weighted by atomic mass is 10.2. The number of carboxylic acids is 1. The number of hydrogen-bond donors (Lipinski definition) is 4. The molecule has 2 amide bonds. The topological polar surface area (TPSA) is 129 Å². The van der Waals surface area contributed by atoms with E-state index in [9.17, 15) is 9.59 Å². The van der Waals surface area contributed by atoms with Gasteiger partial charge in [-0.05, 0) is 6.42 Å². The number of aliphatic carboxylic acids is 1. The molecule has 0 aliphatic rings. The average Bonchev–Trinajstić information content (AvgIpc) is 2.87. The molecule has 0 aliphatic carbocycles. The van der Waals surface area contributed by atoms with Gasteiger partial charge >= 0.3 is 12.0 Å². The van der Waals surface area contributed by atoms with Gasteiger partial charge in [0.25, 0.3) is 0 Å². The minimum Gasteiger partial charge on any atom is -0.479 e. The fourth-order valence-electron chi connectivity index (χ4n) is 1.30. The van der Waals surface area contributed by atoms with Crippen LogP contribution in [0.15, 0.2) is 12.4 Å². The molecule has 0 fully saturated rings. The van der Waals surface area contributed by atoms with E-state index in [0.29, 0.717) is 19.5 Å². The van der Waals surface area contributed by atoms with Gasteiger partial charge in [0.15, 0.2) is 6.10 Å². The molecule has 0 spiro atoms. The van der Waals surface area contributed by atoms with Crippen LogP contribution >= 0.6 is 0 Å². The molecule has 1 aromatic heterocycles. The Morgan fingerprint density at radius 3 is 2.68 bits per heavy atom. The van der Waals surface area contributed by atoms with Crippen LogP contribution in [0.5, 0.6) is 0 Å². The molecule has 19 heavy (non-hydrogen) atoms. The minimum absolute atomic E-state index is 0.0261. The third kappa shape index (κ3) is 6.36. The SMILES string of the molecule is O=C(NCCCn1ccnn1)NCCC(O)C(=O)O. The number of nitrogens with one attached hydrogen (secondary N) is 2. The van der Waals surface area contributed by atoms with Crippen LogP contribution in [0.25, 0.3) is 0 Å². The Kier molecular flexibility index (Phi) is 6.30. The van der Waals surface area contributed by atoms with Crippen LogP contribution in [0.4, 0.5) is 4.79 Å². The second-order valence-electron chi connectivity index (χ2n) is 3.85. The number of aliphatic hydroxyl groups is 1. The van der Waals surface area contributed by atoms with Gasteiger partial charge in [-0.25, -0.2) is 9.59 Å². The summed E-state index contributed by atoms with van der Waals surface area (Å²) >= 11 is 0. The lowest BCUT2D eigenvalue weighted by Gasteiger charge is -2.08. The molecular formula is C10H17N5O4. The molecule has 0 saturated carbocycles. The van der Waals surface area contributed by atoms with Crippen molar-refractivity contribution in [2.75, 3.05) is 13.1 Å². The maximum atomic E-state index is 11.3. The highest BCUT2D eigenvalue weighted by molar-refractivity contribution is 5.74. The molecular weight excluding hydrogens is 254 g/mol. The maximum Gasteiger partial charge on any atom is 0.332 e. The third-order valence-electron chi connectivity index (χ3n) is 2.31. The molecule has 0 aromatic carbocycles. The number of aryl methyl sites for hydroxylation is 1. The van der Waals surface area contributed by atoms with E-state index in [1.165, 1.54) is 0 Å². The highest BCUT2D eigenvalue weighted by Crippen LogP contribution is 1.89. The summed E-state index contributed by atoms with van der Waals surface area (Å²) in [5, 5.41) is 29.9. The normalized spacial score (nSPS) is 11.8. The smallest absolute Gasteiger partial charge is 0.332 e. The van der Waals surface area contributed by atoms with Gasteiger partial charge in [-0.15, -0.1) is 5.10 Å². The number of urea groups is 1. The van der Waals surface area contributed by atoms with Crippen molar-refractivity contribution in [3.05, 3.63) is 12.4 Å². The predicted octanol–water partition coefficient (Wildman–Crippen LogP) is -1.20. The number of aliphatic hydroxyl groups excluding tert-OH is 1. The van der Waals surface area contributed by atoms with Crippen LogP contribution < -0.4 is 10.6 Å². The average molecular weight is 271 g/mol. The van der Waals surface area contributed by atoms with Crippen molar-refractivity contribution in [1.82, 2.24) is 25.6 Å². The van der Waals surface area contributed by atoms with Gasteiger partial charge < -0.3 is 20.8 Å². The first kappa shape index (κ1) is 14.9. The van der Waals surface area contributed by atoms with Crippen molar-refractivity contribution in [2.24, 2.45) is 0 Å². The van der Waals surface area contributed by atoms with E-state index in [1.807, 2.05) is 0 Å². The van der Waals surface area contributed by atoms with Crippen molar-refractivity contribution >= 4 is 12.0 Å². The lowest BCUT2D eigenvalue weighted by molar-refractivity contribution is -0.146. The summed E-state index contributed by atoms with van der Waals surface area (Å²) in [6.07, 6.45) is 2.53. The summed E-state index contributed by atoms with van der Waals surface area (Å²) in [6.45, 7) is 1.22. The van der Waals surface area contributed by atoms with Crippen molar-refractivity contribution in [1.29, 1.82) is 0 Å².